The normalized spacial score (nSPS) is 23.0. The van der Waals surface area contributed by atoms with Crippen molar-refractivity contribution in [2.24, 2.45) is 5.73 Å². The highest BCUT2D eigenvalue weighted by Gasteiger charge is 2.19. The van der Waals surface area contributed by atoms with E-state index in [0.29, 0.717) is 0 Å². The Hall–Kier alpha value is -0.610. The first-order chi connectivity index (χ1) is 5.22. The summed E-state index contributed by atoms with van der Waals surface area (Å²) in [6.45, 7) is 4.64. The van der Waals surface area contributed by atoms with Crippen LogP contribution in [0.3, 0.4) is 0 Å². The van der Waals surface area contributed by atoms with Crippen LogP contribution in [0.5, 0.6) is 0 Å². The maximum atomic E-state index is 10.8. The average Bonchev–Trinajstić information content (AvgIpc) is 2.05. The summed E-state index contributed by atoms with van der Waals surface area (Å²) >= 11 is 0. The average molecular weight is 157 g/mol. The predicted octanol–water partition coefficient (Wildman–Crippen LogP) is -0.887. The quantitative estimate of drug-likeness (QED) is 0.547. The van der Waals surface area contributed by atoms with Crippen LogP contribution in [0.4, 0.5) is 0 Å². The van der Waals surface area contributed by atoms with Crippen molar-refractivity contribution in [2.75, 3.05) is 19.8 Å². The van der Waals surface area contributed by atoms with Crippen LogP contribution in [0, 0.1) is 0 Å². The number of carbonyl (C=O) groups is 1. The number of nitrogens with two attached hydrogens (primary N) is 1. The van der Waals surface area contributed by atoms with E-state index in [2.05, 4.69) is 5.32 Å². The maximum absolute atomic E-state index is 10.8. The second-order valence-corrected chi connectivity index (χ2v) is 2.90. The fraction of sp³-hybridized carbons (Fsp3) is 0.857. The maximum Gasteiger partial charge on any atom is 0.234 e. The predicted molar refractivity (Wildman–Crippen MR) is 42.8 cm³/mol. The van der Waals surface area contributed by atoms with E-state index in [1.54, 1.807) is 0 Å². The van der Waals surface area contributed by atoms with Gasteiger partial charge in [-0.2, -0.15) is 0 Å². The van der Waals surface area contributed by atoms with E-state index in [4.69, 9.17) is 5.73 Å². The third kappa shape index (κ3) is 2.17. The SMILES string of the molecule is CC(C(N)=O)N1CCCNC1. The fourth-order valence-electron chi connectivity index (χ4n) is 1.22. The van der Waals surface area contributed by atoms with E-state index in [1.165, 1.54) is 0 Å². The van der Waals surface area contributed by atoms with E-state index in [-0.39, 0.29) is 11.9 Å². The van der Waals surface area contributed by atoms with Crippen LogP contribution in [-0.2, 0) is 4.79 Å². The second-order valence-electron chi connectivity index (χ2n) is 2.90. The first kappa shape index (κ1) is 8.49. The molecule has 0 spiro atoms. The van der Waals surface area contributed by atoms with Gasteiger partial charge in [-0.05, 0) is 19.9 Å². The minimum Gasteiger partial charge on any atom is -0.368 e. The Morgan fingerprint density at radius 1 is 1.73 bits per heavy atom. The van der Waals surface area contributed by atoms with Crippen LogP contribution >= 0.6 is 0 Å². The number of amides is 1. The lowest BCUT2D eigenvalue weighted by atomic mass is 10.2. The van der Waals surface area contributed by atoms with Gasteiger partial charge in [-0.3, -0.25) is 9.69 Å². The molecule has 1 saturated heterocycles. The molecule has 0 radical (unpaired) electrons. The van der Waals surface area contributed by atoms with Crippen molar-refractivity contribution in [3.63, 3.8) is 0 Å². The third-order valence-corrected chi connectivity index (χ3v) is 2.07. The lowest BCUT2D eigenvalue weighted by Gasteiger charge is -2.30. The molecule has 1 rings (SSSR count). The molecule has 0 aromatic rings. The Morgan fingerprint density at radius 2 is 2.45 bits per heavy atom. The lowest BCUT2D eigenvalue weighted by Crippen LogP contribution is -2.50. The van der Waals surface area contributed by atoms with Gasteiger partial charge < -0.3 is 11.1 Å². The molecule has 4 nitrogen and oxygen atoms in total. The molecule has 1 fully saturated rings. The topological polar surface area (TPSA) is 58.4 Å². The van der Waals surface area contributed by atoms with Gasteiger partial charge in [-0.15, -0.1) is 0 Å². The summed E-state index contributed by atoms with van der Waals surface area (Å²) in [5.74, 6) is -0.242. The van der Waals surface area contributed by atoms with Gasteiger partial charge in [-0.25, -0.2) is 0 Å². The molecule has 1 aliphatic heterocycles. The molecular formula is C7H15N3O. The first-order valence-electron chi connectivity index (χ1n) is 3.96. The summed E-state index contributed by atoms with van der Waals surface area (Å²) in [5.41, 5.74) is 5.16. The number of hydrogen-bond donors (Lipinski definition) is 2. The van der Waals surface area contributed by atoms with Crippen LogP contribution in [0.1, 0.15) is 13.3 Å². The molecule has 0 aliphatic carbocycles. The molecular weight excluding hydrogens is 142 g/mol. The molecule has 4 heteroatoms. The van der Waals surface area contributed by atoms with E-state index in [9.17, 15) is 4.79 Å². The Balaban J connectivity index is 2.38. The van der Waals surface area contributed by atoms with Crippen molar-refractivity contribution in [3.05, 3.63) is 0 Å². The van der Waals surface area contributed by atoms with Gasteiger partial charge in [0.15, 0.2) is 0 Å². The van der Waals surface area contributed by atoms with E-state index in [0.717, 1.165) is 26.2 Å². The fourth-order valence-corrected chi connectivity index (χ4v) is 1.22. The van der Waals surface area contributed by atoms with Gasteiger partial charge in [0.1, 0.15) is 0 Å². The molecule has 1 heterocycles. The van der Waals surface area contributed by atoms with E-state index in [1.807, 2.05) is 11.8 Å². The monoisotopic (exact) mass is 157 g/mol. The summed E-state index contributed by atoms with van der Waals surface area (Å²) in [7, 11) is 0. The minimum absolute atomic E-state index is 0.136. The molecule has 0 saturated carbocycles. The van der Waals surface area contributed by atoms with Crippen LogP contribution < -0.4 is 11.1 Å². The zero-order valence-electron chi connectivity index (χ0n) is 6.84. The summed E-state index contributed by atoms with van der Waals surface area (Å²) in [5, 5.41) is 3.19. The Kier molecular flexibility index (Phi) is 2.84. The highest BCUT2D eigenvalue weighted by atomic mass is 16.1. The van der Waals surface area contributed by atoms with Crippen molar-refractivity contribution < 1.29 is 4.79 Å². The van der Waals surface area contributed by atoms with E-state index >= 15 is 0 Å². The summed E-state index contributed by atoms with van der Waals surface area (Å²) in [4.78, 5) is 12.8. The van der Waals surface area contributed by atoms with Gasteiger partial charge in [0.2, 0.25) is 5.91 Å². The minimum atomic E-state index is -0.242. The molecule has 64 valence electrons. The van der Waals surface area contributed by atoms with Gasteiger partial charge in [0.25, 0.3) is 0 Å². The molecule has 0 bridgehead atoms. The molecule has 1 amide bonds. The Labute approximate surface area is 66.7 Å². The second kappa shape index (κ2) is 3.69. The smallest absolute Gasteiger partial charge is 0.234 e. The number of rotatable bonds is 2. The van der Waals surface area contributed by atoms with Crippen LogP contribution in [0.25, 0.3) is 0 Å². The molecule has 0 aromatic heterocycles. The largest absolute Gasteiger partial charge is 0.368 e. The molecule has 1 atom stereocenters. The highest BCUT2D eigenvalue weighted by Crippen LogP contribution is 2.01. The van der Waals surface area contributed by atoms with Crippen molar-refractivity contribution in [3.8, 4) is 0 Å². The van der Waals surface area contributed by atoms with Gasteiger partial charge in [0, 0.05) is 13.2 Å². The number of nitrogens with zero attached hydrogens (tertiary/aromatic N) is 1. The van der Waals surface area contributed by atoms with Crippen molar-refractivity contribution in [2.45, 2.75) is 19.4 Å². The van der Waals surface area contributed by atoms with Crippen LogP contribution in [-0.4, -0.2) is 36.6 Å². The van der Waals surface area contributed by atoms with Gasteiger partial charge in [0.05, 0.1) is 6.04 Å². The third-order valence-electron chi connectivity index (χ3n) is 2.07. The number of nitrogens with one attached hydrogen (secondary N) is 1. The number of hydrogen-bond acceptors (Lipinski definition) is 3. The molecule has 1 aliphatic rings. The number of primary amides is 1. The summed E-state index contributed by atoms with van der Waals surface area (Å²) in [6.07, 6.45) is 1.09. The van der Waals surface area contributed by atoms with Crippen molar-refractivity contribution in [1.82, 2.24) is 10.2 Å². The Bertz CT molecular complexity index is 143. The zero-order valence-corrected chi connectivity index (χ0v) is 6.84. The summed E-state index contributed by atoms with van der Waals surface area (Å²) in [6, 6.07) is -0.136. The van der Waals surface area contributed by atoms with Gasteiger partial charge in [-0.1, -0.05) is 0 Å². The Morgan fingerprint density at radius 3 is 2.91 bits per heavy atom. The molecule has 1 unspecified atom stereocenters. The van der Waals surface area contributed by atoms with Crippen molar-refractivity contribution in [1.29, 1.82) is 0 Å². The number of carbonyl (C=O) groups excluding carboxylic acids is 1. The lowest BCUT2D eigenvalue weighted by molar-refractivity contribution is -0.123. The van der Waals surface area contributed by atoms with Crippen LogP contribution in [0.2, 0.25) is 0 Å². The highest BCUT2D eigenvalue weighted by molar-refractivity contribution is 5.79. The van der Waals surface area contributed by atoms with E-state index < -0.39 is 0 Å². The molecule has 11 heavy (non-hydrogen) atoms. The van der Waals surface area contributed by atoms with Gasteiger partial charge >= 0.3 is 0 Å². The van der Waals surface area contributed by atoms with Crippen molar-refractivity contribution >= 4 is 5.91 Å². The first-order valence-corrected chi connectivity index (χ1v) is 3.96. The molecule has 3 N–H and O–H groups in total. The van der Waals surface area contributed by atoms with Crippen LogP contribution in [0.15, 0.2) is 0 Å². The zero-order chi connectivity index (χ0) is 8.27. The standard InChI is InChI=1S/C7H15N3O/c1-6(7(8)11)10-4-2-3-9-5-10/h6,9H,2-5H2,1H3,(H2,8,11). The summed E-state index contributed by atoms with van der Waals surface area (Å²) < 4.78 is 0. The molecule has 0 aromatic carbocycles.